The van der Waals surface area contributed by atoms with Crippen LogP contribution in [0.2, 0.25) is 0 Å². The number of nitrogens with one attached hydrogen (secondary N) is 1. The molecule has 2 aromatic carbocycles. The highest BCUT2D eigenvalue weighted by molar-refractivity contribution is 5.84. The molecule has 0 aliphatic rings. The van der Waals surface area contributed by atoms with Crippen LogP contribution in [0.15, 0.2) is 54.6 Å². The summed E-state index contributed by atoms with van der Waals surface area (Å²) in [5, 5.41) is 11.9. The number of hydrogen-bond donors (Lipinski definition) is 1. The number of fused-ring (bicyclic) bond motifs is 2. The quantitative estimate of drug-likeness (QED) is 0.561. The fourth-order valence-electron chi connectivity index (χ4n) is 2.23. The highest BCUT2D eigenvalue weighted by Crippen LogP contribution is 2.23. The van der Waals surface area contributed by atoms with Crippen molar-refractivity contribution in [2.24, 2.45) is 0 Å². The smallest absolute Gasteiger partial charge is 0.113 e. The molecule has 4 aromatic rings. The maximum Gasteiger partial charge on any atom is 0.113 e. The number of aromatic amines is 1. The highest BCUT2D eigenvalue weighted by Gasteiger charge is 2.04. The first-order valence-corrected chi connectivity index (χ1v) is 6.07. The Hall–Kier alpha value is -2.75. The molecule has 0 saturated heterocycles. The molecule has 2 heterocycles. The zero-order valence-electron chi connectivity index (χ0n) is 10.0. The van der Waals surface area contributed by atoms with Crippen LogP contribution in [0, 0.1) is 0 Å². The summed E-state index contributed by atoms with van der Waals surface area (Å²) in [4.78, 5) is 4.68. The highest BCUT2D eigenvalue weighted by atomic mass is 15.3. The van der Waals surface area contributed by atoms with E-state index in [-0.39, 0.29) is 0 Å². The molecule has 0 atom stereocenters. The third kappa shape index (κ3) is 1.65. The van der Waals surface area contributed by atoms with E-state index in [1.807, 2.05) is 42.5 Å². The molecular formula is C15H10N4. The zero-order valence-corrected chi connectivity index (χ0v) is 10.0. The van der Waals surface area contributed by atoms with E-state index in [9.17, 15) is 0 Å². The Morgan fingerprint density at radius 2 is 1.63 bits per heavy atom. The van der Waals surface area contributed by atoms with E-state index in [2.05, 4.69) is 32.5 Å². The number of aromatic nitrogens is 4. The van der Waals surface area contributed by atoms with Crippen LogP contribution in [-0.4, -0.2) is 20.4 Å². The minimum absolute atomic E-state index is 0.854. The zero-order chi connectivity index (χ0) is 12.7. The lowest BCUT2D eigenvalue weighted by molar-refractivity contribution is 0.959. The van der Waals surface area contributed by atoms with Gasteiger partial charge in [0, 0.05) is 10.9 Å². The molecule has 0 amide bonds. The first-order valence-electron chi connectivity index (χ1n) is 6.07. The third-order valence-corrected chi connectivity index (χ3v) is 3.21. The summed E-state index contributed by atoms with van der Waals surface area (Å²) in [6.07, 6.45) is 0. The van der Waals surface area contributed by atoms with Gasteiger partial charge in [0.25, 0.3) is 0 Å². The van der Waals surface area contributed by atoms with Gasteiger partial charge in [0.05, 0.1) is 11.2 Å². The van der Waals surface area contributed by atoms with Gasteiger partial charge in [-0.2, -0.15) is 15.4 Å². The van der Waals surface area contributed by atoms with Crippen LogP contribution >= 0.6 is 0 Å². The van der Waals surface area contributed by atoms with Crippen molar-refractivity contribution in [2.45, 2.75) is 0 Å². The summed E-state index contributed by atoms with van der Waals surface area (Å²) in [6, 6.07) is 18.2. The number of hydrogen-bond acceptors (Lipinski definition) is 3. The van der Waals surface area contributed by atoms with Crippen molar-refractivity contribution in [2.75, 3.05) is 0 Å². The summed E-state index contributed by atoms with van der Waals surface area (Å²) in [6.45, 7) is 0. The molecule has 0 fully saturated rings. The molecule has 0 saturated carbocycles. The van der Waals surface area contributed by atoms with Crippen LogP contribution in [-0.2, 0) is 0 Å². The van der Waals surface area contributed by atoms with Crippen molar-refractivity contribution in [3.05, 3.63) is 54.6 Å². The first kappa shape index (κ1) is 10.2. The molecule has 0 aliphatic heterocycles. The van der Waals surface area contributed by atoms with Gasteiger partial charge in [-0.05, 0) is 24.3 Å². The summed E-state index contributed by atoms with van der Waals surface area (Å²) in [5.41, 5.74) is 4.72. The number of para-hydroxylation sites is 1. The first-order chi connectivity index (χ1) is 9.40. The molecule has 0 unspecified atom stereocenters. The lowest BCUT2D eigenvalue weighted by atomic mass is 10.1. The summed E-state index contributed by atoms with van der Waals surface area (Å²) >= 11 is 0. The molecule has 2 aromatic heterocycles. The van der Waals surface area contributed by atoms with E-state index in [4.69, 9.17) is 0 Å². The lowest BCUT2D eigenvalue weighted by Gasteiger charge is -2.02. The van der Waals surface area contributed by atoms with Crippen LogP contribution < -0.4 is 0 Å². The third-order valence-electron chi connectivity index (χ3n) is 3.21. The minimum atomic E-state index is 0.854. The van der Waals surface area contributed by atoms with Gasteiger partial charge in [-0.1, -0.05) is 30.3 Å². The predicted molar refractivity (Wildman–Crippen MR) is 74.6 cm³/mol. The summed E-state index contributed by atoms with van der Waals surface area (Å²) in [5.74, 6) is 0. The average molecular weight is 246 g/mol. The van der Waals surface area contributed by atoms with Gasteiger partial charge in [0.15, 0.2) is 0 Å². The molecule has 90 valence electrons. The topological polar surface area (TPSA) is 54.5 Å². The van der Waals surface area contributed by atoms with Gasteiger partial charge in [0.1, 0.15) is 11.0 Å². The van der Waals surface area contributed by atoms with Crippen LogP contribution in [0.5, 0.6) is 0 Å². The monoisotopic (exact) mass is 246 g/mol. The molecule has 19 heavy (non-hydrogen) atoms. The van der Waals surface area contributed by atoms with Crippen LogP contribution in [0.3, 0.4) is 0 Å². The number of nitrogens with zero attached hydrogens (tertiary/aromatic N) is 3. The van der Waals surface area contributed by atoms with Crippen molar-refractivity contribution in [1.29, 1.82) is 0 Å². The van der Waals surface area contributed by atoms with Gasteiger partial charge < -0.3 is 0 Å². The Morgan fingerprint density at radius 1 is 0.737 bits per heavy atom. The predicted octanol–water partition coefficient (Wildman–Crippen LogP) is 3.17. The molecule has 1 N–H and O–H groups in total. The van der Waals surface area contributed by atoms with Crippen molar-refractivity contribution in [3.63, 3.8) is 0 Å². The van der Waals surface area contributed by atoms with Crippen LogP contribution in [0.4, 0.5) is 0 Å². The summed E-state index contributed by atoms with van der Waals surface area (Å²) < 4.78 is 0. The molecule has 0 bridgehead atoms. The van der Waals surface area contributed by atoms with Crippen molar-refractivity contribution < 1.29 is 0 Å². The van der Waals surface area contributed by atoms with E-state index in [1.54, 1.807) is 0 Å². The number of pyridine rings is 1. The SMILES string of the molecule is c1ccc2nc(-c3ccc4n[nH]nc4c3)ccc2c1. The maximum absolute atomic E-state index is 4.68. The van der Waals surface area contributed by atoms with E-state index in [0.717, 1.165) is 33.2 Å². The van der Waals surface area contributed by atoms with Crippen molar-refractivity contribution >= 4 is 21.9 Å². The molecule has 0 spiro atoms. The van der Waals surface area contributed by atoms with Gasteiger partial charge in [0.2, 0.25) is 0 Å². The standard InChI is InChI=1S/C15H10N4/c1-2-4-12-10(3-1)5-7-13(16-12)11-6-8-14-15(9-11)18-19-17-14/h1-9H,(H,17,18,19). The number of rotatable bonds is 1. The maximum atomic E-state index is 4.68. The fourth-order valence-corrected chi connectivity index (χ4v) is 2.23. The molecule has 4 rings (SSSR count). The molecular weight excluding hydrogens is 236 g/mol. The van der Waals surface area contributed by atoms with Crippen LogP contribution in [0.1, 0.15) is 0 Å². The minimum Gasteiger partial charge on any atom is -0.248 e. The van der Waals surface area contributed by atoms with Crippen LogP contribution in [0.25, 0.3) is 33.2 Å². The lowest BCUT2D eigenvalue weighted by Crippen LogP contribution is -1.85. The number of benzene rings is 2. The molecule has 0 radical (unpaired) electrons. The van der Waals surface area contributed by atoms with Crippen molar-refractivity contribution in [3.8, 4) is 11.3 Å². The molecule has 0 aliphatic carbocycles. The van der Waals surface area contributed by atoms with E-state index >= 15 is 0 Å². The number of H-pyrrole nitrogens is 1. The Balaban J connectivity index is 1.92. The van der Waals surface area contributed by atoms with Gasteiger partial charge in [-0.15, -0.1) is 0 Å². The normalized spacial score (nSPS) is 11.2. The van der Waals surface area contributed by atoms with Crippen molar-refractivity contribution in [1.82, 2.24) is 20.4 Å². The van der Waals surface area contributed by atoms with E-state index in [0.29, 0.717) is 0 Å². The van der Waals surface area contributed by atoms with Gasteiger partial charge in [-0.25, -0.2) is 4.98 Å². The van der Waals surface area contributed by atoms with Gasteiger partial charge >= 0.3 is 0 Å². The van der Waals surface area contributed by atoms with E-state index < -0.39 is 0 Å². The average Bonchev–Trinajstić information content (AvgIpc) is 2.94. The Kier molecular flexibility index (Phi) is 2.08. The molecule has 4 nitrogen and oxygen atoms in total. The Morgan fingerprint density at radius 3 is 2.63 bits per heavy atom. The van der Waals surface area contributed by atoms with Gasteiger partial charge in [-0.3, -0.25) is 0 Å². The Bertz CT molecular complexity index is 879. The molecule has 4 heteroatoms. The second-order valence-electron chi connectivity index (χ2n) is 4.42. The second-order valence-corrected chi connectivity index (χ2v) is 4.42. The largest absolute Gasteiger partial charge is 0.248 e. The fraction of sp³-hybridized carbons (Fsp3) is 0. The van der Waals surface area contributed by atoms with E-state index in [1.165, 1.54) is 0 Å². The second kappa shape index (κ2) is 3.88. The summed E-state index contributed by atoms with van der Waals surface area (Å²) in [7, 11) is 0. The Labute approximate surface area is 109 Å².